The van der Waals surface area contributed by atoms with Gasteiger partial charge in [-0.25, -0.2) is 0 Å². The van der Waals surface area contributed by atoms with Crippen molar-refractivity contribution >= 4 is 0 Å². The average Bonchev–Trinajstić information content (AvgIpc) is 2.71. The summed E-state index contributed by atoms with van der Waals surface area (Å²) in [6.07, 6.45) is 5.17. The molecule has 1 fully saturated rings. The van der Waals surface area contributed by atoms with Crippen molar-refractivity contribution in [3.8, 4) is 0 Å². The van der Waals surface area contributed by atoms with Gasteiger partial charge in [0.05, 0.1) is 6.20 Å². The van der Waals surface area contributed by atoms with E-state index in [9.17, 15) is 0 Å². The first-order valence-corrected chi connectivity index (χ1v) is 6.43. The van der Waals surface area contributed by atoms with Crippen LogP contribution in [0.1, 0.15) is 16.7 Å². The van der Waals surface area contributed by atoms with Crippen LogP contribution in [0.15, 0.2) is 36.7 Å². The minimum atomic E-state index is 0.261. The zero-order chi connectivity index (χ0) is 12.6. The van der Waals surface area contributed by atoms with Crippen LogP contribution in [0.2, 0.25) is 0 Å². The number of nitrogens with one attached hydrogen (secondary N) is 1. The fourth-order valence-electron chi connectivity index (χ4n) is 2.72. The maximum atomic E-state index is 4.26. The van der Waals surface area contributed by atoms with Crippen LogP contribution < -0.4 is 5.32 Å². The highest BCUT2D eigenvalue weighted by molar-refractivity contribution is 5.34. The highest BCUT2D eigenvalue weighted by Gasteiger charge is 2.38. The normalized spacial score (nSPS) is 17.4. The van der Waals surface area contributed by atoms with Crippen LogP contribution in [0.25, 0.3) is 0 Å². The Balaban J connectivity index is 1.88. The highest BCUT2D eigenvalue weighted by atomic mass is 15.2. The molecular weight excluding hydrogens is 222 g/mol. The predicted octanol–water partition coefficient (Wildman–Crippen LogP) is 1.81. The van der Waals surface area contributed by atoms with Gasteiger partial charge in [0, 0.05) is 31.7 Å². The Hall–Kier alpha value is -1.61. The molecule has 2 heterocycles. The SMILES string of the molecule is Cc1ccc(C2(Cc3cnn(C)c3)CNC2)cc1. The molecule has 1 aliphatic rings. The fraction of sp³-hybridized carbons (Fsp3) is 0.400. The van der Waals surface area contributed by atoms with Crippen molar-refractivity contribution in [3.05, 3.63) is 53.3 Å². The summed E-state index contributed by atoms with van der Waals surface area (Å²) in [4.78, 5) is 0. The summed E-state index contributed by atoms with van der Waals surface area (Å²) in [5.41, 5.74) is 4.34. The third kappa shape index (κ3) is 1.95. The third-order valence-electron chi connectivity index (χ3n) is 3.89. The molecule has 3 nitrogen and oxygen atoms in total. The van der Waals surface area contributed by atoms with E-state index in [0.29, 0.717) is 0 Å². The zero-order valence-corrected chi connectivity index (χ0v) is 11.0. The summed E-state index contributed by atoms with van der Waals surface area (Å²) in [6.45, 7) is 4.26. The van der Waals surface area contributed by atoms with E-state index in [1.807, 2.05) is 17.9 Å². The first-order valence-electron chi connectivity index (χ1n) is 6.43. The second kappa shape index (κ2) is 4.25. The van der Waals surface area contributed by atoms with Gasteiger partial charge >= 0.3 is 0 Å². The number of benzene rings is 1. The van der Waals surface area contributed by atoms with Crippen LogP contribution in [-0.4, -0.2) is 22.9 Å². The lowest BCUT2D eigenvalue weighted by molar-refractivity contribution is 0.274. The van der Waals surface area contributed by atoms with E-state index < -0.39 is 0 Å². The van der Waals surface area contributed by atoms with E-state index in [1.165, 1.54) is 16.7 Å². The first-order chi connectivity index (χ1) is 8.68. The Morgan fingerprint density at radius 2 is 2.00 bits per heavy atom. The molecule has 0 aliphatic carbocycles. The van der Waals surface area contributed by atoms with Crippen molar-refractivity contribution in [1.82, 2.24) is 15.1 Å². The van der Waals surface area contributed by atoms with Gasteiger partial charge in [-0.1, -0.05) is 29.8 Å². The smallest absolute Gasteiger partial charge is 0.0521 e. The van der Waals surface area contributed by atoms with Crippen LogP contribution in [0.4, 0.5) is 0 Å². The molecule has 3 rings (SSSR count). The van der Waals surface area contributed by atoms with Crippen molar-refractivity contribution in [2.24, 2.45) is 7.05 Å². The molecule has 1 N–H and O–H groups in total. The van der Waals surface area contributed by atoms with E-state index in [1.54, 1.807) is 0 Å². The molecule has 1 saturated heterocycles. The number of rotatable bonds is 3. The van der Waals surface area contributed by atoms with Crippen LogP contribution in [0, 0.1) is 6.92 Å². The van der Waals surface area contributed by atoms with Crippen molar-refractivity contribution < 1.29 is 0 Å². The second-order valence-electron chi connectivity index (χ2n) is 5.45. The second-order valence-corrected chi connectivity index (χ2v) is 5.45. The summed E-state index contributed by atoms with van der Waals surface area (Å²) in [5, 5.41) is 7.68. The van der Waals surface area contributed by atoms with Gasteiger partial charge in [-0.15, -0.1) is 0 Å². The van der Waals surface area contributed by atoms with Crippen molar-refractivity contribution in [3.63, 3.8) is 0 Å². The van der Waals surface area contributed by atoms with Gasteiger partial charge in [0.2, 0.25) is 0 Å². The minimum Gasteiger partial charge on any atom is -0.315 e. The summed E-state index contributed by atoms with van der Waals surface area (Å²) in [6, 6.07) is 8.95. The molecule has 2 aromatic rings. The fourth-order valence-corrected chi connectivity index (χ4v) is 2.72. The molecule has 1 aliphatic heterocycles. The standard InChI is InChI=1S/C15H19N3/c1-12-3-5-14(6-4-12)15(10-16-11-15)7-13-8-17-18(2)9-13/h3-6,8-9,16H,7,10-11H2,1-2H3. The number of aromatic nitrogens is 2. The van der Waals surface area contributed by atoms with Crippen LogP contribution in [0.5, 0.6) is 0 Å². The molecular formula is C15H19N3. The minimum absolute atomic E-state index is 0.261. The Morgan fingerprint density at radius 1 is 1.28 bits per heavy atom. The maximum absolute atomic E-state index is 4.26. The van der Waals surface area contributed by atoms with E-state index in [2.05, 4.69) is 47.8 Å². The largest absolute Gasteiger partial charge is 0.315 e. The number of aryl methyl sites for hydroxylation is 2. The summed E-state index contributed by atoms with van der Waals surface area (Å²) in [5.74, 6) is 0. The first kappa shape index (κ1) is 11.5. The topological polar surface area (TPSA) is 29.9 Å². The van der Waals surface area contributed by atoms with E-state index in [0.717, 1.165) is 19.5 Å². The Kier molecular flexibility index (Phi) is 2.71. The molecule has 0 bridgehead atoms. The molecule has 0 spiro atoms. The molecule has 0 amide bonds. The quantitative estimate of drug-likeness (QED) is 0.888. The van der Waals surface area contributed by atoms with Crippen LogP contribution in [-0.2, 0) is 18.9 Å². The Labute approximate surface area is 108 Å². The summed E-state index contributed by atoms with van der Waals surface area (Å²) >= 11 is 0. The highest BCUT2D eigenvalue weighted by Crippen LogP contribution is 2.32. The van der Waals surface area contributed by atoms with Gasteiger partial charge in [0.1, 0.15) is 0 Å². The van der Waals surface area contributed by atoms with Gasteiger partial charge in [-0.3, -0.25) is 4.68 Å². The van der Waals surface area contributed by atoms with Gasteiger partial charge in [-0.2, -0.15) is 5.10 Å². The van der Waals surface area contributed by atoms with E-state index >= 15 is 0 Å². The van der Waals surface area contributed by atoms with Crippen molar-refractivity contribution in [2.75, 3.05) is 13.1 Å². The molecule has 1 aromatic heterocycles. The lowest BCUT2D eigenvalue weighted by atomic mass is 9.71. The molecule has 3 heteroatoms. The Bertz CT molecular complexity index is 535. The van der Waals surface area contributed by atoms with Gasteiger partial charge in [-0.05, 0) is 24.5 Å². The average molecular weight is 241 g/mol. The lowest BCUT2D eigenvalue weighted by Crippen LogP contribution is -2.58. The number of hydrogen-bond donors (Lipinski definition) is 1. The van der Waals surface area contributed by atoms with Crippen LogP contribution >= 0.6 is 0 Å². The van der Waals surface area contributed by atoms with E-state index in [-0.39, 0.29) is 5.41 Å². The van der Waals surface area contributed by atoms with Crippen LogP contribution in [0.3, 0.4) is 0 Å². The molecule has 18 heavy (non-hydrogen) atoms. The van der Waals surface area contributed by atoms with Gasteiger partial charge in [0.15, 0.2) is 0 Å². The molecule has 0 saturated carbocycles. The number of hydrogen-bond acceptors (Lipinski definition) is 2. The van der Waals surface area contributed by atoms with Crippen molar-refractivity contribution in [2.45, 2.75) is 18.8 Å². The zero-order valence-electron chi connectivity index (χ0n) is 11.0. The third-order valence-corrected chi connectivity index (χ3v) is 3.89. The van der Waals surface area contributed by atoms with Gasteiger partial charge in [0.25, 0.3) is 0 Å². The molecule has 0 atom stereocenters. The molecule has 0 unspecified atom stereocenters. The molecule has 0 radical (unpaired) electrons. The predicted molar refractivity (Wildman–Crippen MR) is 72.6 cm³/mol. The van der Waals surface area contributed by atoms with Gasteiger partial charge < -0.3 is 5.32 Å². The summed E-state index contributed by atoms with van der Waals surface area (Å²) < 4.78 is 1.88. The van der Waals surface area contributed by atoms with E-state index in [4.69, 9.17) is 0 Å². The lowest BCUT2D eigenvalue weighted by Gasteiger charge is -2.43. The van der Waals surface area contributed by atoms with Crippen molar-refractivity contribution in [1.29, 1.82) is 0 Å². The maximum Gasteiger partial charge on any atom is 0.0521 e. The number of nitrogens with zero attached hydrogens (tertiary/aromatic N) is 2. The molecule has 94 valence electrons. The monoisotopic (exact) mass is 241 g/mol. The Morgan fingerprint density at radius 3 is 2.50 bits per heavy atom. The summed E-state index contributed by atoms with van der Waals surface area (Å²) in [7, 11) is 1.97. The molecule has 1 aromatic carbocycles.